The van der Waals surface area contributed by atoms with Crippen molar-refractivity contribution in [3.8, 4) is 0 Å². The predicted octanol–water partition coefficient (Wildman–Crippen LogP) is 4.44. The number of unbranched alkanes of at least 4 members (excludes halogenated alkanes) is 1. The van der Waals surface area contributed by atoms with Crippen molar-refractivity contribution in [2.75, 3.05) is 5.33 Å². The minimum atomic E-state index is -1.20. The Balaban J connectivity index is 2.79. The van der Waals surface area contributed by atoms with Gasteiger partial charge in [-0.2, -0.15) is 0 Å². The van der Waals surface area contributed by atoms with E-state index >= 15 is 0 Å². The lowest BCUT2D eigenvalue weighted by atomic mass is 9.92. The molecule has 0 aromatic heterocycles. The van der Waals surface area contributed by atoms with Gasteiger partial charge in [0.25, 0.3) is 0 Å². The van der Waals surface area contributed by atoms with Gasteiger partial charge in [-0.1, -0.05) is 66.0 Å². The van der Waals surface area contributed by atoms with Crippen LogP contribution < -0.4 is 0 Å². The summed E-state index contributed by atoms with van der Waals surface area (Å²) in [7, 11) is 0. The number of hydrogen-bond donors (Lipinski definition) is 0. The Hall–Kier alpha value is -0.370. The molecule has 0 spiro atoms. The molecule has 0 radical (unpaired) electrons. The second kappa shape index (κ2) is 5.50. The van der Waals surface area contributed by atoms with Crippen LogP contribution in [-0.4, -0.2) is 5.33 Å². The maximum Gasteiger partial charge on any atom is 0.145 e. The van der Waals surface area contributed by atoms with Crippen LogP contribution in [0.2, 0.25) is 0 Å². The summed E-state index contributed by atoms with van der Waals surface area (Å²) in [6.07, 6.45) is 2.56. The van der Waals surface area contributed by atoms with Crippen molar-refractivity contribution in [3.63, 3.8) is 0 Å². The van der Waals surface area contributed by atoms with Crippen molar-refractivity contribution >= 4 is 15.9 Å². The van der Waals surface area contributed by atoms with E-state index in [1.54, 1.807) is 0 Å². The van der Waals surface area contributed by atoms with Gasteiger partial charge >= 0.3 is 0 Å². The van der Waals surface area contributed by atoms with Crippen molar-refractivity contribution < 1.29 is 4.39 Å². The van der Waals surface area contributed by atoms with Gasteiger partial charge in [0.05, 0.1) is 0 Å². The molecule has 78 valence electrons. The lowest BCUT2D eigenvalue weighted by molar-refractivity contribution is 0.180. The normalized spacial score (nSPS) is 15.1. The largest absolute Gasteiger partial charge is 0.238 e. The van der Waals surface area contributed by atoms with Crippen LogP contribution in [0.15, 0.2) is 30.3 Å². The highest BCUT2D eigenvalue weighted by atomic mass is 79.9. The highest BCUT2D eigenvalue weighted by Gasteiger charge is 2.29. The van der Waals surface area contributed by atoms with Crippen molar-refractivity contribution in [1.82, 2.24) is 0 Å². The summed E-state index contributed by atoms with van der Waals surface area (Å²) in [6, 6.07) is 9.41. The van der Waals surface area contributed by atoms with Gasteiger partial charge in [-0.25, -0.2) is 4.39 Å². The Morgan fingerprint density at radius 3 is 2.43 bits per heavy atom. The molecule has 1 aromatic rings. The van der Waals surface area contributed by atoms with Gasteiger partial charge in [-0.15, -0.1) is 0 Å². The molecular formula is C12H16BrF. The summed E-state index contributed by atoms with van der Waals surface area (Å²) in [6.45, 7) is 2.08. The fourth-order valence-electron chi connectivity index (χ4n) is 1.48. The first-order valence-electron chi connectivity index (χ1n) is 5.03. The lowest BCUT2D eigenvalue weighted by Crippen LogP contribution is -2.21. The standard InChI is InChI=1S/C12H16BrF/c1-2-3-9-12(14,10-13)11-7-5-4-6-8-11/h4-8H,2-3,9-10H2,1H3. The molecule has 0 bridgehead atoms. The number of alkyl halides is 2. The zero-order chi connectivity index (χ0) is 10.4. The number of halogens is 2. The zero-order valence-corrected chi connectivity index (χ0v) is 10.1. The molecule has 0 aliphatic carbocycles. The molecular weight excluding hydrogens is 243 g/mol. The van der Waals surface area contributed by atoms with Gasteiger partial charge in [-0.05, 0) is 12.0 Å². The van der Waals surface area contributed by atoms with E-state index in [-0.39, 0.29) is 0 Å². The van der Waals surface area contributed by atoms with E-state index in [4.69, 9.17) is 0 Å². The maximum absolute atomic E-state index is 14.4. The minimum absolute atomic E-state index is 0.379. The maximum atomic E-state index is 14.4. The van der Waals surface area contributed by atoms with Crippen LogP contribution in [0.4, 0.5) is 4.39 Å². The molecule has 0 aliphatic rings. The van der Waals surface area contributed by atoms with Crippen molar-refractivity contribution in [2.45, 2.75) is 31.9 Å². The molecule has 0 nitrogen and oxygen atoms in total. The second-order valence-corrected chi connectivity index (χ2v) is 4.13. The highest BCUT2D eigenvalue weighted by Crippen LogP contribution is 2.33. The van der Waals surface area contributed by atoms with Crippen LogP contribution >= 0.6 is 15.9 Å². The Kier molecular flexibility index (Phi) is 4.59. The zero-order valence-electron chi connectivity index (χ0n) is 8.47. The first-order valence-corrected chi connectivity index (χ1v) is 6.15. The predicted molar refractivity (Wildman–Crippen MR) is 62.5 cm³/mol. The van der Waals surface area contributed by atoms with Gasteiger partial charge < -0.3 is 0 Å². The quantitative estimate of drug-likeness (QED) is 0.686. The lowest BCUT2D eigenvalue weighted by Gasteiger charge is -2.23. The van der Waals surface area contributed by atoms with Gasteiger partial charge in [0, 0.05) is 5.33 Å². The first kappa shape index (κ1) is 11.7. The smallest absolute Gasteiger partial charge is 0.145 e. The third-order valence-corrected chi connectivity index (χ3v) is 3.32. The topological polar surface area (TPSA) is 0 Å². The fourth-order valence-corrected chi connectivity index (χ4v) is 2.09. The van der Waals surface area contributed by atoms with E-state index in [0.717, 1.165) is 18.4 Å². The number of hydrogen-bond acceptors (Lipinski definition) is 0. The molecule has 0 amide bonds. The van der Waals surface area contributed by atoms with Gasteiger partial charge in [-0.3, -0.25) is 0 Å². The molecule has 1 rings (SSSR count). The SMILES string of the molecule is CCCCC(F)(CBr)c1ccccc1. The van der Waals surface area contributed by atoms with E-state index < -0.39 is 5.67 Å². The molecule has 0 aliphatic heterocycles. The average Bonchev–Trinajstić information content (AvgIpc) is 2.27. The van der Waals surface area contributed by atoms with E-state index in [9.17, 15) is 4.39 Å². The molecule has 0 N–H and O–H groups in total. The van der Waals surface area contributed by atoms with E-state index in [1.807, 2.05) is 30.3 Å². The molecule has 1 unspecified atom stereocenters. The van der Waals surface area contributed by atoms with Crippen LogP contribution in [0.5, 0.6) is 0 Å². The van der Waals surface area contributed by atoms with Crippen LogP contribution in [0.3, 0.4) is 0 Å². The monoisotopic (exact) mass is 258 g/mol. The van der Waals surface area contributed by atoms with E-state index in [1.165, 1.54) is 0 Å². The summed E-state index contributed by atoms with van der Waals surface area (Å²) in [5.41, 5.74) is -0.414. The third-order valence-electron chi connectivity index (χ3n) is 2.43. The average molecular weight is 259 g/mol. The summed E-state index contributed by atoms with van der Waals surface area (Å²) < 4.78 is 14.4. The Morgan fingerprint density at radius 1 is 1.29 bits per heavy atom. The van der Waals surface area contributed by atoms with E-state index in [2.05, 4.69) is 22.9 Å². The van der Waals surface area contributed by atoms with Crippen molar-refractivity contribution in [2.24, 2.45) is 0 Å². The summed E-state index contributed by atoms with van der Waals surface area (Å²) in [4.78, 5) is 0. The van der Waals surface area contributed by atoms with Gasteiger partial charge in [0.2, 0.25) is 0 Å². The Labute approximate surface area is 93.7 Å². The third kappa shape index (κ3) is 2.81. The summed E-state index contributed by atoms with van der Waals surface area (Å²) >= 11 is 3.26. The van der Waals surface area contributed by atoms with Gasteiger partial charge in [0.1, 0.15) is 5.67 Å². The second-order valence-electron chi connectivity index (χ2n) is 3.57. The molecule has 1 aromatic carbocycles. The molecule has 0 saturated carbocycles. The summed E-state index contributed by atoms with van der Waals surface area (Å²) in [5, 5.41) is 0.379. The Bertz CT molecular complexity index is 260. The molecule has 0 saturated heterocycles. The Morgan fingerprint density at radius 2 is 1.93 bits per heavy atom. The molecule has 1 atom stereocenters. The molecule has 0 fully saturated rings. The van der Waals surface area contributed by atoms with E-state index in [0.29, 0.717) is 11.8 Å². The van der Waals surface area contributed by atoms with Crippen LogP contribution in [-0.2, 0) is 5.67 Å². The summed E-state index contributed by atoms with van der Waals surface area (Å²) in [5.74, 6) is 0. The highest BCUT2D eigenvalue weighted by molar-refractivity contribution is 9.09. The van der Waals surface area contributed by atoms with Crippen LogP contribution in [0.1, 0.15) is 31.7 Å². The van der Waals surface area contributed by atoms with Gasteiger partial charge in [0.15, 0.2) is 0 Å². The number of benzene rings is 1. The minimum Gasteiger partial charge on any atom is -0.238 e. The molecule has 2 heteroatoms. The van der Waals surface area contributed by atoms with Crippen LogP contribution in [0, 0.1) is 0 Å². The first-order chi connectivity index (χ1) is 6.73. The van der Waals surface area contributed by atoms with Crippen molar-refractivity contribution in [1.29, 1.82) is 0 Å². The molecule has 14 heavy (non-hydrogen) atoms. The molecule has 0 heterocycles. The fraction of sp³-hybridized carbons (Fsp3) is 0.500. The van der Waals surface area contributed by atoms with Crippen molar-refractivity contribution in [3.05, 3.63) is 35.9 Å². The number of rotatable bonds is 5. The van der Waals surface area contributed by atoms with Crippen LogP contribution in [0.25, 0.3) is 0 Å².